The number of hydrogen-bond acceptors (Lipinski definition) is 5. The third kappa shape index (κ3) is 5.84. The van der Waals surface area contributed by atoms with Crippen LogP contribution in [0.1, 0.15) is 58.4 Å². The molecule has 0 aliphatic carbocycles. The van der Waals surface area contributed by atoms with E-state index in [0.717, 1.165) is 25.7 Å². The summed E-state index contributed by atoms with van der Waals surface area (Å²) in [5.41, 5.74) is 0.723. The number of likely N-dealkylation sites (tertiary alicyclic amines) is 1. The number of rotatable bonds is 5. The van der Waals surface area contributed by atoms with Gasteiger partial charge in [0.1, 0.15) is 5.60 Å². The lowest BCUT2D eigenvalue weighted by molar-refractivity contribution is -0.116. The molecule has 7 nitrogen and oxygen atoms in total. The van der Waals surface area contributed by atoms with Crippen molar-refractivity contribution in [3.05, 3.63) is 29.2 Å². The predicted octanol–water partition coefficient (Wildman–Crippen LogP) is 4.20. The standard InChI is InChI=1S/C22H30N2O5S/c1-22(2,3)29-21(26)24-12-9-16(10-13-24)5-4-6-20(25)23-18-7-8-19-17(15-18)11-14-30(19,27)28/h7-8,11,14-16H,4-6,9-10,12-13H2,1-3H3,(H,23,25). The number of nitrogens with one attached hydrogen (secondary N) is 1. The van der Waals surface area contributed by atoms with Crippen LogP contribution in [0.4, 0.5) is 10.5 Å². The van der Waals surface area contributed by atoms with E-state index in [1.54, 1.807) is 23.1 Å². The van der Waals surface area contributed by atoms with Crippen LogP contribution in [0.25, 0.3) is 6.08 Å². The molecule has 3 rings (SSSR count). The molecular formula is C22H30N2O5S. The smallest absolute Gasteiger partial charge is 0.410 e. The lowest BCUT2D eigenvalue weighted by Crippen LogP contribution is -2.41. The summed E-state index contributed by atoms with van der Waals surface area (Å²) in [5, 5.41) is 4.02. The number of carbonyl (C=O) groups is 2. The first kappa shape index (κ1) is 22.3. The normalized spacial score (nSPS) is 18.2. The Morgan fingerprint density at radius 3 is 2.57 bits per heavy atom. The van der Waals surface area contributed by atoms with E-state index >= 15 is 0 Å². The lowest BCUT2D eigenvalue weighted by atomic mass is 9.91. The number of fused-ring (bicyclic) bond motifs is 1. The molecule has 164 valence electrons. The second kappa shape index (κ2) is 8.79. The van der Waals surface area contributed by atoms with E-state index in [4.69, 9.17) is 4.74 Å². The molecule has 8 heteroatoms. The fraction of sp³-hybridized carbons (Fsp3) is 0.545. The minimum Gasteiger partial charge on any atom is -0.444 e. The van der Waals surface area contributed by atoms with Crippen LogP contribution in [-0.4, -0.2) is 44.0 Å². The van der Waals surface area contributed by atoms with E-state index in [9.17, 15) is 18.0 Å². The van der Waals surface area contributed by atoms with Crippen LogP contribution in [0.15, 0.2) is 28.5 Å². The highest BCUT2D eigenvalue weighted by Crippen LogP contribution is 2.29. The molecule has 2 aliphatic heterocycles. The molecule has 2 heterocycles. The Morgan fingerprint density at radius 1 is 1.20 bits per heavy atom. The number of benzene rings is 1. The van der Waals surface area contributed by atoms with Crippen LogP contribution >= 0.6 is 0 Å². The molecule has 0 radical (unpaired) electrons. The number of piperidine rings is 1. The monoisotopic (exact) mass is 434 g/mol. The summed E-state index contributed by atoms with van der Waals surface area (Å²) in [5.74, 6) is 0.429. The molecule has 0 atom stereocenters. The predicted molar refractivity (Wildman–Crippen MR) is 116 cm³/mol. The Kier molecular flexibility index (Phi) is 6.55. The van der Waals surface area contributed by atoms with Crippen molar-refractivity contribution in [2.75, 3.05) is 18.4 Å². The molecule has 2 aliphatic rings. The minimum atomic E-state index is -3.32. The molecule has 1 N–H and O–H groups in total. The summed E-state index contributed by atoms with van der Waals surface area (Å²) >= 11 is 0. The second-order valence-electron chi connectivity index (χ2n) is 8.95. The first-order valence-electron chi connectivity index (χ1n) is 10.4. The molecule has 0 bridgehead atoms. The summed E-state index contributed by atoms with van der Waals surface area (Å²) in [6.45, 7) is 6.98. The topological polar surface area (TPSA) is 92.8 Å². The first-order valence-corrected chi connectivity index (χ1v) is 11.9. The zero-order valence-corrected chi connectivity index (χ0v) is 18.6. The second-order valence-corrected chi connectivity index (χ2v) is 10.8. The Morgan fingerprint density at radius 2 is 1.90 bits per heavy atom. The first-order chi connectivity index (χ1) is 14.0. The lowest BCUT2D eigenvalue weighted by Gasteiger charge is -2.33. The third-order valence-corrected chi connectivity index (χ3v) is 6.79. The number of ether oxygens (including phenoxy) is 1. The fourth-order valence-electron chi connectivity index (χ4n) is 3.76. The molecule has 1 saturated heterocycles. The van der Waals surface area contributed by atoms with E-state index in [2.05, 4.69) is 5.32 Å². The van der Waals surface area contributed by atoms with E-state index < -0.39 is 15.4 Å². The van der Waals surface area contributed by atoms with Crippen molar-refractivity contribution in [1.29, 1.82) is 0 Å². The largest absolute Gasteiger partial charge is 0.444 e. The molecule has 1 aromatic carbocycles. The van der Waals surface area contributed by atoms with Gasteiger partial charge < -0.3 is 15.0 Å². The average Bonchev–Trinajstić information content (AvgIpc) is 2.95. The fourth-order valence-corrected chi connectivity index (χ4v) is 4.94. The van der Waals surface area contributed by atoms with Gasteiger partial charge in [-0.1, -0.05) is 0 Å². The van der Waals surface area contributed by atoms with Gasteiger partial charge in [-0.3, -0.25) is 4.79 Å². The summed E-state index contributed by atoms with van der Waals surface area (Å²) in [6.07, 6.45) is 5.28. The quantitative estimate of drug-likeness (QED) is 0.750. The molecule has 2 amide bonds. The number of nitrogens with zero attached hydrogens (tertiary/aromatic N) is 1. The Bertz CT molecular complexity index is 939. The molecule has 0 saturated carbocycles. The van der Waals surface area contributed by atoms with E-state index in [1.807, 2.05) is 20.8 Å². The van der Waals surface area contributed by atoms with Crippen molar-refractivity contribution < 1.29 is 22.7 Å². The highest BCUT2D eigenvalue weighted by Gasteiger charge is 2.26. The van der Waals surface area contributed by atoms with Crippen LogP contribution in [0.2, 0.25) is 0 Å². The van der Waals surface area contributed by atoms with Crippen LogP contribution in [-0.2, 0) is 19.4 Å². The van der Waals surface area contributed by atoms with Gasteiger partial charge in [0, 0.05) is 30.6 Å². The third-order valence-electron chi connectivity index (χ3n) is 5.31. The van der Waals surface area contributed by atoms with Gasteiger partial charge in [0.25, 0.3) is 0 Å². The SMILES string of the molecule is CC(C)(C)OC(=O)N1CCC(CCCC(=O)Nc2ccc3c(c2)C=CS3(=O)=O)CC1. The summed E-state index contributed by atoms with van der Waals surface area (Å²) < 4.78 is 29.0. The maximum Gasteiger partial charge on any atom is 0.410 e. The van der Waals surface area contributed by atoms with Gasteiger partial charge in [-0.15, -0.1) is 0 Å². The zero-order valence-electron chi connectivity index (χ0n) is 17.8. The van der Waals surface area contributed by atoms with Crippen molar-refractivity contribution >= 4 is 33.6 Å². The number of carbonyl (C=O) groups excluding carboxylic acids is 2. The Balaban J connectivity index is 1.38. The van der Waals surface area contributed by atoms with Crippen LogP contribution in [0.3, 0.4) is 0 Å². The van der Waals surface area contributed by atoms with Crippen molar-refractivity contribution in [3.63, 3.8) is 0 Å². The van der Waals surface area contributed by atoms with Crippen LogP contribution < -0.4 is 5.32 Å². The molecule has 0 aromatic heterocycles. The number of sulfone groups is 1. The van der Waals surface area contributed by atoms with Gasteiger partial charge in [0.15, 0.2) is 9.84 Å². The molecule has 0 unspecified atom stereocenters. The zero-order chi connectivity index (χ0) is 21.9. The van der Waals surface area contributed by atoms with Crippen molar-refractivity contribution in [2.24, 2.45) is 5.92 Å². The van der Waals surface area contributed by atoms with E-state index in [1.165, 1.54) is 11.5 Å². The number of anilines is 1. The van der Waals surface area contributed by atoms with Gasteiger partial charge >= 0.3 is 6.09 Å². The van der Waals surface area contributed by atoms with Crippen molar-refractivity contribution in [1.82, 2.24) is 4.90 Å². The summed E-state index contributed by atoms with van der Waals surface area (Å²) in [6, 6.07) is 4.83. The van der Waals surface area contributed by atoms with Crippen LogP contribution in [0.5, 0.6) is 0 Å². The summed E-state index contributed by atoms with van der Waals surface area (Å²) in [7, 11) is -3.32. The van der Waals surface area contributed by atoms with Crippen molar-refractivity contribution in [2.45, 2.75) is 63.4 Å². The maximum absolute atomic E-state index is 12.2. The average molecular weight is 435 g/mol. The van der Waals surface area contributed by atoms with Crippen LogP contribution in [0, 0.1) is 5.92 Å². The minimum absolute atomic E-state index is 0.0778. The Hall–Kier alpha value is -2.35. The molecule has 1 aromatic rings. The van der Waals surface area contributed by atoms with Gasteiger partial charge in [-0.05, 0) is 82.2 Å². The number of hydrogen-bond donors (Lipinski definition) is 1. The molecular weight excluding hydrogens is 404 g/mol. The molecule has 0 spiro atoms. The van der Waals surface area contributed by atoms with Gasteiger partial charge in [0.05, 0.1) is 4.90 Å². The highest BCUT2D eigenvalue weighted by atomic mass is 32.2. The van der Waals surface area contributed by atoms with Gasteiger partial charge in [-0.2, -0.15) is 0 Å². The van der Waals surface area contributed by atoms with E-state index in [0.29, 0.717) is 36.7 Å². The van der Waals surface area contributed by atoms with E-state index in [-0.39, 0.29) is 16.9 Å². The molecule has 1 fully saturated rings. The molecule has 30 heavy (non-hydrogen) atoms. The van der Waals surface area contributed by atoms with Gasteiger partial charge in [0.2, 0.25) is 5.91 Å². The number of amides is 2. The summed E-state index contributed by atoms with van der Waals surface area (Å²) in [4.78, 5) is 26.4. The highest BCUT2D eigenvalue weighted by molar-refractivity contribution is 7.94. The Labute approximate surface area is 178 Å². The van der Waals surface area contributed by atoms with Crippen molar-refractivity contribution in [3.8, 4) is 0 Å². The maximum atomic E-state index is 12.2. The van der Waals surface area contributed by atoms with Gasteiger partial charge in [-0.25, -0.2) is 13.2 Å².